The molecule has 0 atom stereocenters. The largest absolute Gasteiger partial charge is 0.497 e. The number of ether oxygens (including phenoxy) is 2. The molecule has 24 heavy (non-hydrogen) atoms. The second-order valence-electron chi connectivity index (χ2n) is 5.08. The zero-order valence-electron chi connectivity index (χ0n) is 13.8. The number of rotatable bonds is 4. The smallest absolute Gasteiger partial charge is 0.283 e. The molecule has 1 amide bonds. The van der Waals surface area contributed by atoms with Gasteiger partial charge in [-0.15, -0.1) is 0 Å². The Balaban J connectivity index is 2.10. The summed E-state index contributed by atoms with van der Waals surface area (Å²) in [5.41, 5.74) is 1.50. The molecule has 1 heterocycles. The van der Waals surface area contributed by atoms with Gasteiger partial charge in [-0.05, 0) is 31.2 Å². The van der Waals surface area contributed by atoms with Gasteiger partial charge in [-0.1, -0.05) is 23.5 Å². The van der Waals surface area contributed by atoms with Gasteiger partial charge in [-0.2, -0.15) is 4.99 Å². The molecule has 0 spiro atoms. The standard InChI is InChI=1S/C18H18N2O3S/c1-4-20-14-7-5-6-8-16(14)24-18(20)19-17(21)13-10-9-12(22-2)11-15(13)23-3/h5-11H,4H2,1-3H3. The molecule has 6 heteroatoms. The lowest BCUT2D eigenvalue weighted by atomic mass is 10.2. The Kier molecular flexibility index (Phi) is 4.66. The molecule has 3 aromatic rings. The lowest BCUT2D eigenvalue weighted by Crippen LogP contribution is -2.16. The molecule has 5 nitrogen and oxygen atoms in total. The highest BCUT2D eigenvalue weighted by Crippen LogP contribution is 2.25. The Morgan fingerprint density at radius 3 is 2.67 bits per heavy atom. The van der Waals surface area contributed by atoms with Crippen LogP contribution in [0.1, 0.15) is 17.3 Å². The molecule has 2 aromatic carbocycles. The fraction of sp³-hybridized carbons (Fsp3) is 0.222. The van der Waals surface area contributed by atoms with E-state index in [9.17, 15) is 4.79 Å². The minimum Gasteiger partial charge on any atom is -0.497 e. The number of nitrogens with zero attached hydrogens (tertiary/aromatic N) is 2. The Hall–Kier alpha value is -2.60. The first-order valence-corrected chi connectivity index (χ1v) is 8.39. The number of aromatic nitrogens is 1. The Morgan fingerprint density at radius 2 is 1.96 bits per heavy atom. The first kappa shape index (κ1) is 16.3. The summed E-state index contributed by atoms with van der Waals surface area (Å²) >= 11 is 1.50. The van der Waals surface area contributed by atoms with Gasteiger partial charge in [-0.3, -0.25) is 4.79 Å². The highest BCUT2D eigenvalue weighted by molar-refractivity contribution is 7.16. The van der Waals surface area contributed by atoms with Crippen LogP contribution in [0.2, 0.25) is 0 Å². The minimum atomic E-state index is -0.330. The molecule has 0 bridgehead atoms. The number of carbonyl (C=O) groups excluding carboxylic acids is 1. The second kappa shape index (κ2) is 6.88. The number of aryl methyl sites for hydroxylation is 1. The predicted octanol–water partition coefficient (Wildman–Crippen LogP) is 3.48. The summed E-state index contributed by atoms with van der Waals surface area (Å²) in [5, 5.41) is 0. The van der Waals surface area contributed by atoms with Gasteiger partial charge in [0, 0.05) is 12.6 Å². The normalized spacial score (nSPS) is 11.7. The Labute approximate surface area is 143 Å². The average Bonchev–Trinajstić information content (AvgIpc) is 2.97. The number of methoxy groups -OCH3 is 2. The summed E-state index contributed by atoms with van der Waals surface area (Å²) in [6, 6.07) is 13.1. The van der Waals surface area contributed by atoms with Crippen molar-refractivity contribution in [3.8, 4) is 11.5 Å². The van der Waals surface area contributed by atoms with Crippen molar-refractivity contribution in [2.45, 2.75) is 13.5 Å². The van der Waals surface area contributed by atoms with Gasteiger partial charge in [0.2, 0.25) is 0 Å². The van der Waals surface area contributed by atoms with Crippen LogP contribution in [0.15, 0.2) is 47.5 Å². The van der Waals surface area contributed by atoms with E-state index in [2.05, 4.69) is 4.99 Å². The third-order valence-corrected chi connectivity index (χ3v) is 4.80. The molecular formula is C18H18N2O3S. The molecule has 0 fully saturated rings. The van der Waals surface area contributed by atoms with Crippen LogP contribution in [-0.4, -0.2) is 24.7 Å². The van der Waals surface area contributed by atoms with E-state index in [1.807, 2.05) is 35.8 Å². The van der Waals surface area contributed by atoms with Gasteiger partial charge in [0.15, 0.2) is 4.80 Å². The number of hydrogen-bond acceptors (Lipinski definition) is 4. The molecule has 0 aliphatic carbocycles. The van der Waals surface area contributed by atoms with Crippen molar-refractivity contribution in [1.82, 2.24) is 4.57 Å². The van der Waals surface area contributed by atoms with Crippen molar-refractivity contribution in [2.75, 3.05) is 14.2 Å². The number of carbonyl (C=O) groups is 1. The molecule has 0 aliphatic rings. The maximum Gasteiger partial charge on any atom is 0.283 e. The molecule has 0 aliphatic heterocycles. The third-order valence-electron chi connectivity index (χ3n) is 3.74. The molecule has 0 radical (unpaired) electrons. The number of amides is 1. The van der Waals surface area contributed by atoms with Crippen LogP contribution in [-0.2, 0) is 6.54 Å². The van der Waals surface area contributed by atoms with E-state index in [-0.39, 0.29) is 5.91 Å². The van der Waals surface area contributed by atoms with Gasteiger partial charge in [0.05, 0.1) is 30.0 Å². The predicted molar refractivity (Wildman–Crippen MR) is 94.9 cm³/mol. The zero-order valence-corrected chi connectivity index (χ0v) is 14.6. The van der Waals surface area contributed by atoms with Crippen molar-refractivity contribution in [1.29, 1.82) is 0 Å². The maximum absolute atomic E-state index is 12.6. The highest BCUT2D eigenvalue weighted by Gasteiger charge is 2.14. The van der Waals surface area contributed by atoms with Crippen LogP contribution in [0.5, 0.6) is 11.5 Å². The van der Waals surface area contributed by atoms with E-state index < -0.39 is 0 Å². The van der Waals surface area contributed by atoms with Crippen LogP contribution >= 0.6 is 11.3 Å². The summed E-state index contributed by atoms with van der Waals surface area (Å²) in [6.45, 7) is 2.78. The molecule has 1 aromatic heterocycles. The van der Waals surface area contributed by atoms with Gasteiger partial charge in [0.25, 0.3) is 5.91 Å². The SMILES string of the molecule is CCn1c(=NC(=O)c2ccc(OC)cc2OC)sc2ccccc21. The molecule has 0 N–H and O–H groups in total. The van der Waals surface area contributed by atoms with Crippen LogP contribution in [0.25, 0.3) is 10.2 Å². The quantitative estimate of drug-likeness (QED) is 0.729. The Bertz CT molecular complexity index is 956. The zero-order chi connectivity index (χ0) is 17.1. The van der Waals surface area contributed by atoms with Crippen molar-refractivity contribution in [3.63, 3.8) is 0 Å². The second-order valence-corrected chi connectivity index (χ2v) is 6.09. The monoisotopic (exact) mass is 342 g/mol. The third kappa shape index (κ3) is 2.92. The summed E-state index contributed by atoms with van der Waals surface area (Å²) in [6.07, 6.45) is 0. The summed E-state index contributed by atoms with van der Waals surface area (Å²) in [4.78, 5) is 17.6. The topological polar surface area (TPSA) is 52.8 Å². The first-order chi connectivity index (χ1) is 11.7. The van der Waals surface area contributed by atoms with Gasteiger partial charge >= 0.3 is 0 Å². The van der Waals surface area contributed by atoms with E-state index in [0.29, 0.717) is 21.9 Å². The van der Waals surface area contributed by atoms with Gasteiger partial charge in [-0.25, -0.2) is 0 Å². The lowest BCUT2D eigenvalue weighted by Gasteiger charge is -2.07. The lowest BCUT2D eigenvalue weighted by molar-refractivity contribution is 0.0995. The first-order valence-electron chi connectivity index (χ1n) is 7.57. The van der Waals surface area contributed by atoms with Crippen molar-refractivity contribution in [2.24, 2.45) is 4.99 Å². The fourth-order valence-electron chi connectivity index (χ4n) is 2.53. The summed E-state index contributed by atoms with van der Waals surface area (Å²) < 4.78 is 13.6. The minimum absolute atomic E-state index is 0.330. The van der Waals surface area contributed by atoms with Gasteiger partial charge in [0.1, 0.15) is 11.5 Å². The number of para-hydroxylation sites is 1. The number of fused-ring (bicyclic) bond motifs is 1. The van der Waals surface area contributed by atoms with E-state index in [1.165, 1.54) is 18.4 Å². The number of thiazole rings is 1. The maximum atomic E-state index is 12.6. The van der Waals surface area contributed by atoms with E-state index in [1.54, 1.807) is 25.3 Å². The summed E-state index contributed by atoms with van der Waals surface area (Å²) in [5.74, 6) is 0.754. The Morgan fingerprint density at radius 1 is 1.17 bits per heavy atom. The average molecular weight is 342 g/mol. The molecular weight excluding hydrogens is 324 g/mol. The molecule has 0 saturated carbocycles. The van der Waals surface area contributed by atoms with Crippen LogP contribution < -0.4 is 14.3 Å². The van der Waals surface area contributed by atoms with Crippen LogP contribution in [0.3, 0.4) is 0 Å². The highest BCUT2D eigenvalue weighted by atomic mass is 32.1. The fourth-order valence-corrected chi connectivity index (χ4v) is 3.63. The van der Waals surface area contributed by atoms with E-state index in [0.717, 1.165) is 16.8 Å². The van der Waals surface area contributed by atoms with Crippen LogP contribution in [0, 0.1) is 0 Å². The van der Waals surface area contributed by atoms with Crippen molar-refractivity contribution >= 4 is 27.5 Å². The molecule has 3 rings (SSSR count). The molecule has 0 unspecified atom stereocenters. The van der Waals surface area contributed by atoms with Crippen LogP contribution in [0.4, 0.5) is 0 Å². The molecule has 124 valence electrons. The number of hydrogen-bond donors (Lipinski definition) is 0. The van der Waals surface area contributed by atoms with E-state index >= 15 is 0 Å². The summed E-state index contributed by atoms with van der Waals surface area (Å²) in [7, 11) is 3.10. The van der Waals surface area contributed by atoms with Crippen molar-refractivity contribution in [3.05, 3.63) is 52.8 Å². The van der Waals surface area contributed by atoms with Gasteiger partial charge < -0.3 is 14.0 Å². The number of benzene rings is 2. The van der Waals surface area contributed by atoms with E-state index in [4.69, 9.17) is 9.47 Å². The molecule has 0 saturated heterocycles. The van der Waals surface area contributed by atoms with Crippen molar-refractivity contribution < 1.29 is 14.3 Å².